The molecule has 4 atom stereocenters. The third-order valence-corrected chi connectivity index (χ3v) is 11.1. The van der Waals surface area contributed by atoms with E-state index in [2.05, 4.69) is 31.0 Å². The molecule has 3 saturated heterocycles. The van der Waals surface area contributed by atoms with E-state index in [1.54, 1.807) is 31.3 Å². The van der Waals surface area contributed by atoms with E-state index in [0.717, 1.165) is 30.8 Å². The van der Waals surface area contributed by atoms with Crippen LogP contribution in [0.25, 0.3) is 39.0 Å². The van der Waals surface area contributed by atoms with Crippen LogP contribution in [0.15, 0.2) is 66.8 Å². The van der Waals surface area contributed by atoms with Crippen molar-refractivity contribution in [3.63, 3.8) is 0 Å². The Labute approximate surface area is 304 Å². The highest BCUT2D eigenvalue weighted by Gasteiger charge is 2.49. The maximum Gasteiger partial charge on any atom is 0.319 e. The third-order valence-electron chi connectivity index (χ3n) is 11.1. The second kappa shape index (κ2) is 13.7. The number of fused-ring (bicyclic) bond motifs is 3. The van der Waals surface area contributed by atoms with Gasteiger partial charge in [-0.2, -0.15) is 20.2 Å². The Morgan fingerprint density at radius 1 is 1.17 bits per heavy atom. The average molecular weight is 719 g/mol. The predicted octanol–water partition coefficient (Wildman–Crippen LogP) is 6.15. The first kappa shape index (κ1) is 34.5. The Balaban J connectivity index is 1.18. The molecular formula is C40H37F3N8O2. The van der Waals surface area contributed by atoms with Gasteiger partial charge in [0.05, 0.1) is 22.7 Å². The summed E-state index contributed by atoms with van der Waals surface area (Å²) >= 11 is 0. The number of pyridine rings is 1. The van der Waals surface area contributed by atoms with Crippen molar-refractivity contribution in [2.45, 2.75) is 56.4 Å². The number of carbonyl (C=O) groups excluding carboxylic acids is 1. The maximum absolute atomic E-state index is 17.0. The minimum absolute atomic E-state index is 0.0101. The third kappa shape index (κ3) is 6.10. The first-order valence-corrected chi connectivity index (χ1v) is 17.7. The monoisotopic (exact) mass is 718 g/mol. The number of ether oxygens (including phenoxy) is 1. The van der Waals surface area contributed by atoms with E-state index in [4.69, 9.17) is 16.1 Å². The number of hydrogen-bond acceptors (Lipinski definition) is 9. The Morgan fingerprint density at radius 2 is 2.00 bits per heavy atom. The Bertz CT molecular complexity index is 2290. The molecule has 1 unspecified atom stereocenters. The van der Waals surface area contributed by atoms with Crippen molar-refractivity contribution in [2.24, 2.45) is 0 Å². The van der Waals surface area contributed by atoms with Crippen LogP contribution in [0.1, 0.15) is 43.9 Å². The van der Waals surface area contributed by atoms with Gasteiger partial charge in [0.25, 0.3) is 5.91 Å². The molecule has 3 fully saturated rings. The van der Waals surface area contributed by atoms with Gasteiger partial charge in [-0.1, -0.05) is 36.3 Å². The van der Waals surface area contributed by atoms with Gasteiger partial charge in [-0.05, 0) is 56.3 Å². The number of halogens is 3. The molecule has 3 aromatic heterocycles. The van der Waals surface area contributed by atoms with Crippen LogP contribution in [0.4, 0.5) is 19.0 Å². The fourth-order valence-corrected chi connectivity index (χ4v) is 8.45. The number of anilines is 1. The fourth-order valence-electron chi connectivity index (χ4n) is 8.45. The number of alkyl halides is 1. The number of benzene rings is 2. The fraction of sp³-hybridized carbons (Fsp3) is 0.350. The highest BCUT2D eigenvalue weighted by atomic mass is 19.1. The number of rotatable bonds is 8. The van der Waals surface area contributed by atoms with Crippen molar-refractivity contribution in [1.29, 1.82) is 0 Å². The van der Waals surface area contributed by atoms with E-state index < -0.39 is 35.3 Å². The summed E-state index contributed by atoms with van der Waals surface area (Å²) in [5.74, 6) is 0.644. The summed E-state index contributed by atoms with van der Waals surface area (Å²) in [5.41, 5.74) is 0.922. The van der Waals surface area contributed by atoms with E-state index in [-0.39, 0.29) is 42.1 Å². The summed E-state index contributed by atoms with van der Waals surface area (Å²) in [7, 11) is 1.80. The van der Waals surface area contributed by atoms with Crippen molar-refractivity contribution in [1.82, 2.24) is 34.9 Å². The van der Waals surface area contributed by atoms with Gasteiger partial charge in [-0.3, -0.25) is 14.7 Å². The molecule has 53 heavy (non-hydrogen) atoms. The van der Waals surface area contributed by atoms with E-state index in [9.17, 15) is 9.18 Å². The van der Waals surface area contributed by atoms with Crippen molar-refractivity contribution >= 4 is 39.5 Å². The van der Waals surface area contributed by atoms with E-state index in [1.807, 2.05) is 36.1 Å². The second-order valence-corrected chi connectivity index (χ2v) is 14.1. The van der Waals surface area contributed by atoms with Gasteiger partial charge in [-0.15, -0.1) is 6.42 Å². The lowest BCUT2D eigenvalue weighted by molar-refractivity contribution is -0.129. The van der Waals surface area contributed by atoms with Crippen LogP contribution in [0.3, 0.4) is 0 Å². The highest BCUT2D eigenvalue weighted by Crippen LogP contribution is 2.41. The van der Waals surface area contributed by atoms with E-state index in [0.29, 0.717) is 47.1 Å². The van der Waals surface area contributed by atoms with Crippen molar-refractivity contribution in [3.8, 4) is 29.6 Å². The number of amides is 1. The molecule has 0 spiro atoms. The van der Waals surface area contributed by atoms with Crippen LogP contribution in [-0.2, 0) is 4.79 Å². The topological polar surface area (TPSA) is 100 Å². The van der Waals surface area contributed by atoms with Crippen LogP contribution < -0.4 is 9.64 Å². The zero-order valence-corrected chi connectivity index (χ0v) is 29.3. The summed E-state index contributed by atoms with van der Waals surface area (Å²) in [6.07, 6.45) is 11.5. The smallest absolute Gasteiger partial charge is 0.319 e. The first-order chi connectivity index (χ1) is 25.7. The SMILES string of the molecule is C#Cc1cccc2cccc(-c3ncc4c(N(C)C5CCN(C(=O)/C(F)=C/c6cccnn6)[C@H]5C)nc(OC[C@@]56CCCN5C[C@H](F)C6)nc4c3F)c12. The minimum Gasteiger partial charge on any atom is -0.461 e. The molecule has 0 N–H and O–H groups in total. The van der Waals surface area contributed by atoms with Crippen LogP contribution in [0.5, 0.6) is 6.01 Å². The first-order valence-electron chi connectivity index (χ1n) is 17.7. The van der Waals surface area contributed by atoms with E-state index >= 15 is 8.78 Å². The number of carbonyl (C=O) groups is 1. The Kier molecular flexibility index (Phi) is 8.94. The molecule has 0 aliphatic carbocycles. The lowest BCUT2D eigenvalue weighted by Crippen LogP contribution is -2.44. The molecule has 1 amide bonds. The van der Waals surface area contributed by atoms with Crippen molar-refractivity contribution in [3.05, 3.63) is 83.8 Å². The van der Waals surface area contributed by atoms with Gasteiger partial charge in [0, 0.05) is 67.6 Å². The molecule has 3 aliphatic rings. The quantitative estimate of drug-likeness (QED) is 0.138. The number of likely N-dealkylation sites (tertiary alicyclic amines) is 1. The standard InChI is InChI=1S/C40H37F3N8O2/c1-4-25-9-5-10-26-11-6-13-29(33(25)26)35-34(43)36-30(21-44-35)37(47-39(46-36)53-23-40-15-8-17-50(40)22-27(41)20-40)49(3)32-14-18-51(24(32)2)38(52)31(42)19-28-12-7-16-45-48-28/h1,5-7,9-13,16,19,21,24,27,32H,8,14-15,17-18,20,22-23H2,2-3H3/b31-19-/t24-,27+,32?,40-/m0/s1. The van der Waals surface area contributed by atoms with Crippen LogP contribution in [0, 0.1) is 18.2 Å². The highest BCUT2D eigenvalue weighted by molar-refractivity contribution is 6.02. The molecule has 8 rings (SSSR count). The second-order valence-electron chi connectivity index (χ2n) is 14.1. The van der Waals surface area contributed by atoms with E-state index in [1.165, 1.54) is 17.3 Å². The van der Waals surface area contributed by atoms with Crippen LogP contribution in [-0.4, -0.2) is 97.9 Å². The number of hydrogen-bond donors (Lipinski definition) is 0. The van der Waals surface area contributed by atoms with Gasteiger partial charge in [0.2, 0.25) is 0 Å². The predicted molar refractivity (Wildman–Crippen MR) is 196 cm³/mol. The zero-order valence-electron chi connectivity index (χ0n) is 29.3. The molecule has 3 aliphatic heterocycles. The Morgan fingerprint density at radius 3 is 2.79 bits per heavy atom. The summed E-state index contributed by atoms with van der Waals surface area (Å²) in [4.78, 5) is 32.7. The van der Waals surface area contributed by atoms with Gasteiger partial charge >= 0.3 is 6.01 Å². The normalized spacial score (nSPS) is 23.1. The van der Waals surface area contributed by atoms with Crippen LogP contribution >= 0.6 is 0 Å². The molecular weight excluding hydrogens is 681 g/mol. The molecule has 6 heterocycles. The number of likely N-dealkylation sites (N-methyl/N-ethyl adjacent to an activating group) is 1. The molecule has 2 aromatic carbocycles. The average Bonchev–Trinajstić information content (AvgIpc) is 3.84. The van der Waals surface area contributed by atoms with Gasteiger partial charge < -0.3 is 14.5 Å². The van der Waals surface area contributed by atoms with Gasteiger partial charge in [0.15, 0.2) is 11.6 Å². The summed E-state index contributed by atoms with van der Waals surface area (Å²) < 4.78 is 53.1. The zero-order chi connectivity index (χ0) is 36.9. The largest absolute Gasteiger partial charge is 0.461 e. The molecule has 0 bridgehead atoms. The molecule has 10 nitrogen and oxygen atoms in total. The number of aromatic nitrogens is 5. The Hall–Kier alpha value is -5.61. The van der Waals surface area contributed by atoms with Crippen molar-refractivity contribution in [2.75, 3.05) is 38.2 Å². The van der Waals surface area contributed by atoms with Crippen molar-refractivity contribution < 1.29 is 22.7 Å². The van der Waals surface area contributed by atoms with Gasteiger partial charge in [-0.25, -0.2) is 13.2 Å². The summed E-state index contributed by atoms with van der Waals surface area (Å²) in [5, 5.41) is 9.45. The number of nitrogens with zero attached hydrogens (tertiary/aromatic N) is 8. The summed E-state index contributed by atoms with van der Waals surface area (Å²) in [6, 6.07) is 13.4. The molecule has 0 radical (unpaired) electrons. The minimum atomic E-state index is -0.952. The molecule has 270 valence electrons. The molecule has 0 saturated carbocycles. The number of terminal acetylenes is 1. The molecule has 13 heteroatoms. The summed E-state index contributed by atoms with van der Waals surface area (Å²) in [6.45, 7) is 3.41. The molecule has 5 aromatic rings. The lowest BCUT2D eigenvalue weighted by Gasteiger charge is -2.33. The lowest BCUT2D eigenvalue weighted by atomic mass is 9.95. The maximum atomic E-state index is 17.0. The van der Waals surface area contributed by atoms with Gasteiger partial charge in [0.1, 0.15) is 29.8 Å². The van der Waals surface area contributed by atoms with Crippen LogP contribution in [0.2, 0.25) is 0 Å².